The van der Waals surface area contributed by atoms with Gasteiger partial charge >= 0.3 is 0 Å². The molecule has 1 aliphatic heterocycles. The average molecular weight is 478 g/mol. The number of ketones is 1. The lowest BCUT2D eigenvalue weighted by Gasteiger charge is -2.39. The lowest BCUT2D eigenvalue weighted by atomic mass is 9.99. The largest absolute Gasteiger partial charge is 0.496 e. The van der Waals surface area contributed by atoms with Crippen molar-refractivity contribution in [1.82, 2.24) is 0 Å². The topological polar surface area (TPSA) is 144 Å². The SMILES string of the molecule is COc1cc(OC)c(C(=O)CCc2ccc(O[C@@H]3OC(CO)[C@@H](O)[C@H](O)C3O)cc2)c(OC)c1. The van der Waals surface area contributed by atoms with Crippen LogP contribution in [0.4, 0.5) is 0 Å². The maximum absolute atomic E-state index is 12.9. The van der Waals surface area contributed by atoms with Crippen LogP contribution in [-0.2, 0) is 11.2 Å². The van der Waals surface area contributed by atoms with Gasteiger partial charge in [-0.1, -0.05) is 12.1 Å². The van der Waals surface area contributed by atoms with Crippen LogP contribution in [0, 0.1) is 0 Å². The van der Waals surface area contributed by atoms with Crippen LogP contribution in [0.1, 0.15) is 22.3 Å². The molecule has 1 saturated heterocycles. The highest BCUT2D eigenvalue weighted by molar-refractivity contribution is 6.01. The predicted octanol–water partition coefficient (Wildman–Crippen LogP) is 0.707. The van der Waals surface area contributed by atoms with E-state index >= 15 is 0 Å². The fraction of sp³-hybridized carbons (Fsp3) is 0.458. The van der Waals surface area contributed by atoms with E-state index in [0.717, 1.165) is 5.56 Å². The minimum atomic E-state index is -1.52. The first-order valence-corrected chi connectivity index (χ1v) is 10.7. The van der Waals surface area contributed by atoms with E-state index < -0.39 is 37.3 Å². The first kappa shape index (κ1) is 25.7. The highest BCUT2D eigenvalue weighted by atomic mass is 16.7. The van der Waals surface area contributed by atoms with E-state index in [1.807, 2.05) is 0 Å². The van der Waals surface area contributed by atoms with Crippen LogP contribution in [0.25, 0.3) is 0 Å². The molecule has 0 aromatic heterocycles. The van der Waals surface area contributed by atoms with Crippen molar-refractivity contribution < 1.29 is 48.9 Å². The van der Waals surface area contributed by atoms with Gasteiger partial charge in [-0.25, -0.2) is 0 Å². The molecule has 0 radical (unpaired) electrons. The number of Topliss-reactive ketones (excluding diaryl/α,β-unsaturated/α-hetero) is 1. The van der Waals surface area contributed by atoms with E-state index in [1.165, 1.54) is 21.3 Å². The smallest absolute Gasteiger partial charge is 0.229 e. The maximum atomic E-state index is 12.9. The second-order valence-electron chi connectivity index (χ2n) is 7.79. The summed E-state index contributed by atoms with van der Waals surface area (Å²) < 4.78 is 26.8. The molecule has 186 valence electrons. The van der Waals surface area contributed by atoms with Gasteiger partial charge in [-0.2, -0.15) is 0 Å². The molecule has 3 rings (SSSR count). The Bertz CT molecular complexity index is 934. The van der Waals surface area contributed by atoms with E-state index in [0.29, 0.717) is 35.0 Å². The van der Waals surface area contributed by atoms with Crippen molar-refractivity contribution in [3.63, 3.8) is 0 Å². The van der Waals surface area contributed by atoms with Crippen molar-refractivity contribution in [2.45, 2.75) is 43.5 Å². The average Bonchev–Trinajstić information content (AvgIpc) is 2.87. The van der Waals surface area contributed by atoms with Crippen molar-refractivity contribution in [2.24, 2.45) is 0 Å². The fourth-order valence-corrected chi connectivity index (χ4v) is 3.70. The van der Waals surface area contributed by atoms with Gasteiger partial charge in [-0.3, -0.25) is 4.79 Å². The summed E-state index contributed by atoms with van der Waals surface area (Å²) in [5.74, 6) is 1.44. The Morgan fingerprint density at radius 1 is 0.882 bits per heavy atom. The van der Waals surface area contributed by atoms with Crippen LogP contribution >= 0.6 is 0 Å². The van der Waals surface area contributed by atoms with E-state index in [1.54, 1.807) is 36.4 Å². The van der Waals surface area contributed by atoms with Gasteiger partial charge in [0.25, 0.3) is 0 Å². The molecule has 4 N–H and O–H groups in total. The highest BCUT2D eigenvalue weighted by Gasteiger charge is 2.44. The van der Waals surface area contributed by atoms with Crippen molar-refractivity contribution in [3.8, 4) is 23.0 Å². The molecule has 0 amide bonds. The zero-order valence-corrected chi connectivity index (χ0v) is 19.2. The summed E-state index contributed by atoms with van der Waals surface area (Å²) in [6.07, 6.45) is -6.15. The first-order chi connectivity index (χ1) is 16.3. The number of aliphatic hydroxyl groups is 4. The molecule has 5 atom stereocenters. The second kappa shape index (κ2) is 11.5. The Kier molecular flexibility index (Phi) is 8.70. The summed E-state index contributed by atoms with van der Waals surface area (Å²) in [5, 5.41) is 39.1. The predicted molar refractivity (Wildman–Crippen MR) is 120 cm³/mol. The van der Waals surface area contributed by atoms with E-state index in [9.17, 15) is 25.2 Å². The maximum Gasteiger partial charge on any atom is 0.229 e. The van der Waals surface area contributed by atoms with E-state index in [2.05, 4.69) is 0 Å². The molecule has 10 nitrogen and oxygen atoms in total. The third kappa shape index (κ3) is 5.60. The number of benzene rings is 2. The number of carbonyl (C=O) groups is 1. The summed E-state index contributed by atoms with van der Waals surface area (Å²) in [6.45, 7) is -0.540. The first-order valence-electron chi connectivity index (χ1n) is 10.7. The van der Waals surface area contributed by atoms with Gasteiger partial charge in [0.15, 0.2) is 5.78 Å². The molecule has 1 heterocycles. The lowest BCUT2D eigenvalue weighted by molar-refractivity contribution is -0.277. The van der Waals surface area contributed by atoms with Crippen molar-refractivity contribution in [3.05, 3.63) is 47.5 Å². The number of ether oxygens (including phenoxy) is 5. The molecule has 2 aromatic carbocycles. The van der Waals surface area contributed by atoms with Crippen LogP contribution in [0.3, 0.4) is 0 Å². The summed E-state index contributed by atoms with van der Waals surface area (Å²) in [5.41, 5.74) is 1.20. The lowest BCUT2D eigenvalue weighted by Crippen LogP contribution is -2.60. The van der Waals surface area contributed by atoms with Crippen LogP contribution < -0.4 is 18.9 Å². The standard InChI is InChI=1S/C24H30O10/c1-30-15-10-17(31-2)20(18(11-15)32-3)16(26)9-6-13-4-7-14(8-5-13)33-24-23(29)22(28)21(27)19(12-25)34-24/h4-5,7-8,10-11,19,21-25,27-29H,6,9,12H2,1-3H3/t19?,21-,22+,23?,24-/m1/s1. The summed E-state index contributed by atoms with van der Waals surface area (Å²) in [7, 11) is 4.46. The van der Waals surface area contributed by atoms with Gasteiger partial charge in [0, 0.05) is 18.6 Å². The normalized spacial score (nSPS) is 24.4. The number of rotatable bonds is 10. The third-order valence-corrected chi connectivity index (χ3v) is 5.66. The number of aliphatic hydroxyl groups excluding tert-OH is 4. The number of hydrogen-bond donors (Lipinski definition) is 4. The zero-order chi connectivity index (χ0) is 24.8. The summed E-state index contributed by atoms with van der Waals surface area (Å²) >= 11 is 0. The quantitative estimate of drug-likeness (QED) is 0.360. The van der Waals surface area contributed by atoms with Gasteiger partial charge < -0.3 is 44.1 Å². The Morgan fingerprint density at radius 2 is 1.50 bits per heavy atom. The molecular formula is C24H30O10. The summed E-state index contributed by atoms with van der Waals surface area (Å²) in [4.78, 5) is 12.9. The number of carbonyl (C=O) groups excluding carboxylic acids is 1. The van der Waals surface area contributed by atoms with Crippen molar-refractivity contribution in [2.75, 3.05) is 27.9 Å². The monoisotopic (exact) mass is 478 g/mol. The number of hydrogen-bond acceptors (Lipinski definition) is 10. The molecule has 0 spiro atoms. The van der Waals surface area contributed by atoms with E-state index in [4.69, 9.17) is 23.7 Å². The number of methoxy groups -OCH3 is 3. The fourth-order valence-electron chi connectivity index (χ4n) is 3.70. The van der Waals surface area contributed by atoms with Crippen LogP contribution in [0.15, 0.2) is 36.4 Å². The molecule has 1 fully saturated rings. The highest BCUT2D eigenvalue weighted by Crippen LogP contribution is 2.35. The van der Waals surface area contributed by atoms with Crippen molar-refractivity contribution >= 4 is 5.78 Å². The Hall–Kier alpha value is -2.89. The summed E-state index contributed by atoms with van der Waals surface area (Å²) in [6, 6.07) is 10.0. The molecule has 2 unspecified atom stereocenters. The molecule has 0 bridgehead atoms. The van der Waals surface area contributed by atoms with Gasteiger partial charge in [0.05, 0.1) is 27.9 Å². The second-order valence-corrected chi connectivity index (χ2v) is 7.79. The van der Waals surface area contributed by atoms with Gasteiger partial charge in [-0.15, -0.1) is 0 Å². The molecular weight excluding hydrogens is 448 g/mol. The van der Waals surface area contributed by atoms with Gasteiger partial charge in [0.1, 0.15) is 53.0 Å². The van der Waals surface area contributed by atoms with Gasteiger partial charge in [-0.05, 0) is 24.1 Å². The minimum absolute atomic E-state index is 0.155. The van der Waals surface area contributed by atoms with Crippen LogP contribution in [0.5, 0.6) is 23.0 Å². The zero-order valence-electron chi connectivity index (χ0n) is 19.2. The molecule has 1 aliphatic rings. The molecule has 10 heteroatoms. The Balaban J connectivity index is 1.64. The Morgan fingerprint density at radius 3 is 2.03 bits per heavy atom. The number of aryl methyl sites for hydroxylation is 1. The van der Waals surface area contributed by atoms with Crippen LogP contribution in [0.2, 0.25) is 0 Å². The molecule has 34 heavy (non-hydrogen) atoms. The molecule has 0 aliphatic carbocycles. The Labute approximate surface area is 197 Å². The van der Waals surface area contributed by atoms with Crippen molar-refractivity contribution in [1.29, 1.82) is 0 Å². The molecule has 2 aromatic rings. The van der Waals surface area contributed by atoms with Crippen LogP contribution in [-0.4, -0.2) is 84.9 Å². The van der Waals surface area contributed by atoms with E-state index in [-0.39, 0.29) is 12.2 Å². The minimum Gasteiger partial charge on any atom is -0.496 e. The third-order valence-electron chi connectivity index (χ3n) is 5.66. The van der Waals surface area contributed by atoms with Gasteiger partial charge in [0.2, 0.25) is 6.29 Å². The molecule has 0 saturated carbocycles.